The average molecular weight is 406 g/mol. The first-order chi connectivity index (χ1) is 11.6. The second-order valence-electron chi connectivity index (χ2n) is 6.66. The molecule has 0 radical (unpaired) electrons. The number of anilines is 1. The van der Waals surface area contributed by atoms with E-state index >= 15 is 0 Å². The second-order valence-corrected chi connectivity index (χ2v) is 6.66. The van der Waals surface area contributed by atoms with Crippen LogP contribution in [0.3, 0.4) is 0 Å². The Balaban J connectivity index is 0.00000169. The Morgan fingerprint density at radius 1 is 1.23 bits per heavy atom. The second kappa shape index (κ2) is 11.1. The number of morpholine rings is 2. The molecule has 1 aromatic rings. The van der Waals surface area contributed by atoms with Crippen molar-refractivity contribution in [2.45, 2.75) is 38.7 Å². The molecule has 0 saturated carbocycles. The summed E-state index contributed by atoms with van der Waals surface area (Å²) in [5, 5.41) is 6.21. The van der Waals surface area contributed by atoms with Gasteiger partial charge in [-0.15, -0.1) is 24.8 Å². The molecule has 2 aliphatic heterocycles. The number of carbonyl (C=O) groups excluding carboxylic acids is 1. The van der Waals surface area contributed by atoms with Gasteiger partial charge >= 0.3 is 0 Å². The first-order valence-corrected chi connectivity index (χ1v) is 8.70. The lowest BCUT2D eigenvalue weighted by atomic mass is 10.1. The molecule has 2 saturated heterocycles. The van der Waals surface area contributed by atoms with E-state index in [2.05, 4.69) is 35.4 Å². The summed E-state index contributed by atoms with van der Waals surface area (Å²) in [5.41, 5.74) is 1.99. The molecule has 0 aliphatic carbocycles. The van der Waals surface area contributed by atoms with E-state index in [-0.39, 0.29) is 42.9 Å². The van der Waals surface area contributed by atoms with Crippen molar-refractivity contribution in [2.24, 2.45) is 0 Å². The van der Waals surface area contributed by atoms with Crippen molar-refractivity contribution in [3.8, 4) is 0 Å². The minimum atomic E-state index is -0.421. The Kier molecular flexibility index (Phi) is 9.85. The van der Waals surface area contributed by atoms with E-state index in [1.54, 1.807) is 0 Å². The zero-order chi connectivity index (χ0) is 16.9. The maximum absolute atomic E-state index is 12.4. The summed E-state index contributed by atoms with van der Waals surface area (Å²) in [4.78, 5) is 14.8. The lowest BCUT2D eigenvalue weighted by molar-refractivity contribution is -0.128. The van der Waals surface area contributed by atoms with Gasteiger partial charge in [-0.2, -0.15) is 0 Å². The standard InChI is InChI=1S/C18H27N3O3.2ClH/c1-13-10-21(11-14(2)24-13)12-15-5-3-4-6-16(15)20-18(22)17-9-19-7-8-23-17;;/h3-6,13-14,17,19H,7-12H2,1-2H3,(H,20,22);2*1H. The quantitative estimate of drug-likeness (QED) is 0.802. The van der Waals surface area contributed by atoms with Gasteiger partial charge in [0.1, 0.15) is 6.10 Å². The monoisotopic (exact) mass is 405 g/mol. The Labute approximate surface area is 167 Å². The number of para-hydroxylation sites is 1. The number of nitrogens with zero attached hydrogens (tertiary/aromatic N) is 1. The molecule has 3 rings (SSSR count). The summed E-state index contributed by atoms with van der Waals surface area (Å²) in [6.45, 7) is 8.75. The number of benzene rings is 1. The van der Waals surface area contributed by atoms with E-state index in [9.17, 15) is 4.79 Å². The van der Waals surface area contributed by atoms with E-state index in [1.807, 2.05) is 18.2 Å². The number of amides is 1. The summed E-state index contributed by atoms with van der Waals surface area (Å²) in [6, 6.07) is 7.98. The zero-order valence-corrected chi connectivity index (χ0v) is 16.9. The van der Waals surface area contributed by atoms with E-state index in [4.69, 9.17) is 9.47 Å². The van der Waals surface area contributed by atoms with Crippen LogP contribution < -0.4 is 10.6 Å². The van der Waals surface area contributed by atoms with Crippen molar-refractivity contribution < 1.29 is 14.3 Å². The number of hydrogen-bond acceptors (Lipinski definition) is 5. The van der Waals surface area contributed by atoms with Crippen molar-refractivity contribution in [2.75, 3.05) is 38.1 Å². The highest BCUT2D eigenvalue weighted by Crippen LogP contribution is 2.20. The molecule has 2 heterocycles. The van der Waals surface area contributed by atoms with Crippen LogP contribution in [0.1, 0.15) is 19.4 Å². The van der Waals surface area contributed by atoms with Gasteiger partial charge in [0.2, 0.25) is 0 Å². The molecule has 0 aromatic heterocycles. The molecule has 0 bridgehead atoms. The molecule has 148 valence electrons. The SMILES string of the molecule is CC1CN(Cc2ccccc2NC(=O)C2CNCCO2)CC(C)O1.Cl.Cl. The van der Waals surface area contributed by atoms with Crippen LogP contribution in [0.2, 0.25) is 0 Å². The molecule has 3 atom stereocenters. The Hall–Kier alpha value is -0.890. The largest absolute Gasteiger partial charge is 0.373 e. The van der Waals surface area contributed by atoms with Gasteiger partial charge in [0, 0.05) is 38.4 Å². The Morgan fingerprint density at radius 3 is 2.58 bits per heavy atom. The minimum Gasteiger partial charge on any atom is -0.373 e. The van der Waals surface area contributed by atoms with Crippen molar-refractivity contribution in [1.82, 2.24) is 10.2 Å². The molecule has 6 nitrogen and oxygen atoms in total. The lowest BCUT2D eigenvalue weighted by Crippen LogP contribution is -2.46. The number of hydrogen-bond donors (Lipinski definition) is 2. The van der Waals surface area contributed by atoms with Crippen molar-refractivity contribution in [1.29, 1.82) is 0 Å². The normalized spacial score (nSPS) is 26.3. The van der Waals surface area contributed by atoms with Crippen molar-refractivity contribution in [3.63, 3.8) is 0 Å². The summed E-state index contributed by atoms with van der Waals surface area (Å²) in [7, 11) is 0. The topological polar surface area (TPSA) is 62.8 Å². The Bertz CT molecular complexity index is 560. The fourth-order valence-electron chi connectivity index (χ4n) is 3.38. The fourth-order valence-corrected chi connectivity index (χ4v) is 3.38. The highest BCUT2D eigenvalue weighted by atomic mass is 35.5. The van der Waals surface area contributed by atoms with E-state index < -0.39 is 6.10 Å². The molecule has 0 spiro atoms. The molecular formula is C18H29Cl2N3O3. The van der Waals surface area contributed by atoms with Gasteiger partial charge in [0.05, 0.1) is 18.8 Å². The number of halogens is 2. The highest BCUT2D eigenvalue weighted by molar-refractivity contribution is 5.95. The van der Waals surface area contributed by atoms with Crippen LogP contribution >= 0.6 is 24.8 Å². The van der Waals surface area contributed by atoms with Crippen LogP contribution in [-0.2, 0) is 20.8 Å². The number of nitrogens with one attached hydrogen (secondary N) is 2. The van der Waals surface area contributed by atoms with Crippen LogP contribution in [0, 0.1) is 0 Å². The third kappa shape index (κ3) is 6.37. The van der Waals surface area contributed by atoms with Crippen LogP contribution in [0.25, 0.3) is 0 Å². The van der Waals surface area contributed by atoms with Crippen LogP contribution in [0.5, 0.6) is 0 Å². The van der Waals surface area contributed by atoms with E-state index in [1.165, 1.54) is 0 Å². The summed E-state index contributed by atoms with van der Waals surface area (Å²) in [6.07, 6.45) is 0.0460. The summed E-state index contributed by atoms with van der Waals surface area (Å²) >= 11 is 0. The predicted octanol–water partition coefficient (Wildman–Crippen LogP) is 2.07. The first kappa shape index (κ1) is 23.1. The highest BCUT2D eigenvalue weighted by Gasteiger charge is 2.24. The molecule has 2 fully saturated rings. The molecular weight excluding hydrogens is 377 g/mol. The minimum absolute atomic E-state index is 0. The van der Waals surface area contributed by atoms with Gasteiger partial charge in [-0.05, 0) is 25.5 Å². The third-order valence-corrected chi connectivity index (χ3v) is 4.38. The van der Waals surface area contributed by atoms with Crippen LogP contribution in [0.4, 0.5) is 5.69 Å². The molecule has 2 aliphatic rings. The smallest absolute Gasteiger partial charge is 0.254 e. The molecule has 8 heteroatoms. The number of carbonyl (C=O) groups is 1. The maximum Gasteiger partial charge on any atom is 0.254 e. The molecule has 3 unspecified atom stereocenters. The first-order valence-electron chi connectivity index (χ1n) is 8.70. The van der Waals surface area contributed by atoms with Gasteiger partial charge in [0.15, 0.2) is 0 Å². The van der Waals surface area contributed by atoms with Gasteiger partial charge in [-0.3, -0.25) is 9.69 Å². The fraction of sp³-hybridized carbons (Fsp3) is 0.611. The van der Waals surface area contributed by atoms with Gasteiger partial charge in [-0.25, -0.2) is 0 Å². The van der Waals surface area contributed by atoms with Crippen molar-refractivity contribution >= 4 is 36.4 Å². The number of ether oxygens (including phenoxy) is 2. The average Bonchev–Trinajstić information content (AvgIpc) is 2.56. The molecule has 26 heavy (non-hydrogen) atoms. The van der Waals surface area contributed by atoms with Crippen LogP contribution in [0.15, 0.2) is 24.3 Å². The Morgan fingerprint density at radius 2 is 1.92 bits per heavy atom. The van der Waals surface area contributed by atoms with Gasteiger partial charge < -0.3 is 20.1 Å². The molecule has 1 aromatic carbocycles. The number of rotatable bonds is 4. The van der Waals surface area contributed by atoms with E-state index in [0.29, 0.717) is 13.2 Å². The summed E-state index contributed by atoms with van der Waals surface area (Å²) < 4.78 is 11.3. The lowest BCUT2D eigenvalue weighted by Gasteiger charge is -2.35. The van der Waals surface area contributed by atoms with Crippen LogP contribution in [-0.4, -0.2) is 61.9 Å². The summed E-state index contributed by atoms with van der Waals surface area (Å²) in [5.74, 6) is -0.0848. The molecule has 2 N–H and O–H groups in total. The van der Waals surface area contributed by atoms with Crippen molar-refractivity contribution in [3.05, 3.63) is 29.8 Å². The maximum atomic E-state index is 12.4. The third-order valence-electron chi connectivity index (χ3n) is 4.38. The predicted molar refractivity (Wildman–Crippen MR) is 107 cm³/mol. The van der Waals surface area contributed by atoms with Gasteiger partial charge in [-0.1, -0.05) is 18.2 Å². The van der Waals surface area contributed by atoms with Gasteiger partial charge in [0.25, 0.3) is 5.91 Å². The molecule has 1 amide bonds. The van der Waals surface area contributed by atoms with E-state index in [0.717, 1.165) is 37.4 Å². The zero-order valence-electron chi connectivity index (χ0n) is 15.3.